The lowest BCUT2D eigenvalue weighted by molar-refractivity contribution is -0.137. The number of para-hydroxylation sites is 1. The molecule has 1 fully saturated rings. The second kappa shape index (κ2) is 9.21. The van der Waals surface area contributed by atoms with Crippen LogP contribution < -0.4 is 10.1 Å². The zero-order valence-corrected chi connectivity index (χ0v) is 17.6. The molecular formula is C24H24FN3O4. The second-order valence-electron chi connectivity index (χ2n) is 7.97. The third-order valence-electron chi connectivity index (χ3n) is 5.40. The Morgan fingerprint density at radius 3 is 2.62 bits per heavy atom. The highest BCUT2D eigenvalue weighted by Crippen LogP contribution is 2.31. The highest BCUT2D eigenvalue weighted by Gasteiger charge is 2.26. The maximum Gasteiger partial charge on any atom is 0.305 e. The lowest BCUT2D eigenvalue weighted by atomic mass is 9.98. The number of aromatic nitrogens is 2. The molecule has 0 bridgehead atoms. The summed E-state index contributed by atoms with van der Waals surface area (Å²) in [5.41, 5.74) is 1.76. The maximum atomic E-state index is 14.4. The number of aliphatic carboxylic acids is 1. The largest absolute Gasteiger partial charge is 0.481 e. The maximum absolute atomic E-state index is 14.4. The molecule has 2 N–H and O–H groups in total. The third-order valence-corrected chi connectivity index (χ3v) is 5.40. The molecule has 1 aliphatic carbocycles. The summed E-state index contributed by atoms with van der Waals surface area (Å²) in [5, 5.41) is 16.4. The van der Waals surface area contributed by atoms with E-state index in [9.17, 15) is 19.1 Å². The molecule has 1 amide bonds. The summed E-state index contributed by atoms with van der Waals surface area (Å²) in [5.74, 6) is -1.38. The summed E-state index contributed by atoms with van der Waals surface area (Å²) in [7, 11) is 0. The number of carbonyl (C=O) groups is 2. The fourth-order valence-corrected chi connectivity index (χ4v) is 3.48. The van der Waals surface area contributed by atoms with Gasteiger partial charge in [0.2, 0.25) is 5.88 Å². The molecule has 32 heavy (non-hydrogen) atoms. The lowest BCUT2D eigenvalue weighted by Gasteiger charge is -2.18. The molecular weight excluding hydrogens is 413 g/mol. The zero-order chi connectivity index (χ0) is 22.7. The van der Waals surface area contributed by atoms with Crippen molar-refractivity contribution in [3.63, 3.8) is 0 Å². The van der Waals surface area contributed by atoms with E-state index in [0.717, 1.165) is 18.4 Å². The average molecular weight is 437 g/mol. The first-order chi connectivity index (χ1) is 15.4. The van der Waals surface area contributed by atoms with Gasteiger partial charge in [0.1, 0.15) is 11.5 Å². The Morgan fingerprint density at radius 1 is 1.22 bits per heavy atom. The fourth-order valence-electron chi connectivity index (χ4n) is 3.48. The first-order valence-corrected chi connectivity index (χ1v) is 10.5. The number of hydrogen-bond donors (Lipinski definition) is 2. The summed E-state index contributed by atoms with van der Waals surface area (Å²) in [6, 6.07) is 14.1. The molecule has 2 aromatic carbocycles. The van der Waals surface area contributed by atoms with Gasteiger partial charge in [0.05, 0.1) is 19.1 Å². The normalized spacial score (nSPS) is 14.1. The van der Waals surface area contributed by atoms with Crippen molar-refractivity contribution in [2.75, 3.05) is 6.61 Å². The number of ether oxygens (including phenoxy) is 1. The SMILES string of the molecule is Cc1ccccc1[C@H](CC(=O)O)NC(=O)c1cc(OCC2CC2)n(-c2ccccc2F)n1. The van der Waals surface area contributed by atoms with Crippen molar-refractivity contribution in [3.8, 4) is 11.6 Å². The third kappa shape index (κ3) is 4.96. The Balaban J connectivity index is 1.63. The van der Waals surface area contributed by atoms with Gasteiger partial charge in [-0.25, -0.2) is 4.39 Å². The molecule has 4 rings (SSSR count). The number of hydrogen-bond acceptors (Lipinski definition) is 4. The minimum atomic E-state index is -1.04. The predicted octanol–water partition coefficient (Wildman–Crippen LogP) is 4.05. The van der Waals surface area contributed by atoms with Crippen LogP contribution in [0.5, 0.6) is 5.88 Å². The number of carboxylic acid groups (broad SMARTS) is 1. The number of carbonyl (C=O) groups excluding carboxylic acids is 1. The van der Waals surface area contributed by atoms with Crippen molar-refractivity contribution >= 4 is 11.9 Å². The van der Waals surface area contributed by atoms with Crippen molar-refractivity contribution in [2.24, 2.45) is 5.92 Å². The molecule has 8 heteroatoms. The topological polar surface area (TPSA) is 93.5 Å². The Bertz CT molecular complexity index is 1140. The monoisotopic (exact) mass is 437 g/mol. The van der Waals surface area contributed by atoms with E-state index in [4.69, 9.17) is 4.74 Å². The van der Waals surface area contributed by atoms with Crippen LogP contribution >= 0.6 is 0 Å². The van der Waals surface area contributed by atoms with Crippen LogP contribution in [0.4, 0.5) is 4.39 Å². The van der Waals surface area contributed by atoms with Crippen LogP contribution in [0.1, 0.15) is 46.9 Å². The van der Waals surface area contributed by atoms with Crippen LogP contribution in [0.15, 0.2) is 54.6 Å². The Kier molecular flexibility index (Phi) is 6.20. The average Bonchev–Trinajstić information content (AvgIpc) is 3.50. The predicted molar refractivity (Wildman–Crippen MR) is 115 cm³/mol. The van der Waals surface area contributed by atoms with Crippen LogP contribution in [0.25, 0.3) is 5.69 Å². The van der Waals surface area contributed by atoms with Gasteiger partial charge < -0.3 is 15.2 Å². The van der Waals surface area contributed by atoms with E-state index in [0.29, 0.717) is 18.1 Å². The molecule has 1 saturated carbocycles. The van der Waals surface area contributed by atoms with Gasteiger partial charge in [-0.1, -0.05) is 36.4 Å². The number of nitrogens with zero attached hydrogens (tertiary/aromatic N) is 2. The van der Waals surface area contributed by atoms with Gasteiger partial charge in [0, 0.05) is 6.07 Å². The highest BCUT2D eigenvalue weighted by molar-refractivity contribution is 5.93. The van der Waals surface area contributed by atoms with Gasteiger partial charge in [-0.3, -0.25) is 9.59 Å². The number of amides is 1. The molecule has 0 saturated heterocycles. The van der Waals surface area contributed by atoms with Crippen LogP contribution in [-0.4, -0.2) is 33.4 Å². The van der Waals surface area contributed by atoms with Crippen LogP contribution in [0, 0.1) is 18.7 Å². The quantitative estimate of drug-likeness (QED) is 0.527. The van der Waals surface area contributed by atoms with Gasteiger partial charge in [-0.05, 0) is 48.9 Å². The Morgan fingerprint density at radius 2 is 1.94 bits per heavy atom. The fraction of sp³-hybridized carbons (Fsp3) is 0.292. The summed E-state index contributed by atoms with van der Waals surface area (Å²) < 4.78 is 21.5. The van der Waals surface area contributed by atoms with Crippen molar-refractivity contribution in [2.45, 2.75) is 32.2 Å². The molecule has 3 aromatic rings. The van der Waals surface area contributed by atoms with Gasteiger partial charge in [0.25, 0.3) is 5.91 Å². The van der Waals surface area contributed by atoms with Gasteiger partial charge in [-0.15, -0.1) is 0 Å². The first-order valence-electron chi connectivity index (χ1n) is 10.5. The Labute approximate surface area is 184 Å². The van der Waals surface area contributed by atoms with Gasteiger partial charge in [-0.2, -0.15) is 9.78 Å². The standard InChI is InChI=1S/C24H24FN3O4/c1-15-6-2-3-7-17(15)19(13-23(29)30)26-24(31)20-12-22(32-14-16-10-11-16)28(27-20)21-9-5-4-8-18(21)25/h2-9,12,16,19H,10-11,13-14H2,1H3,(H,26,31)(H,29,30)/t19-/m0/s1. The molecule has 0 aliphatic heterocycles. The molecule has 1 heterocycles. The van der Waals surface area contributed by atoms with E-state index in [-0.39, 0.29) is 23.7 Å². The van der Waals surface area contributed by atoms with Crippen molar-refractivity contribution in [1.29, 1.82) is 0 Å². The number of halogens is 1. The number of benzene rings is 2. The molecule has 0 spiro atoms. The molecule has 166 valence electrons. The molecule has 1 aliphatic rings. The van der Waals surface area contributed by atoms with E-state index in [1.54, 1.807) is 30.3 Å². The van der Waals surface area contributed by atoms with Crippen molar-refractivity contribution in [3.05, 3.63) is 77.2 Å². The molecule has 7 nitrogen and oxygen atoms in total. The molecule has 0 unspecified atom stereocenters. The van der Waals surface area contributed by atoms with E-state index in [1.807, 2.05) is 19.1 Å². The van der Waals surface area contributed by atoms with E-state index >= 15 is 0 Å². The van der Waals surface area contributed by atoms with Crippen molar-refractivity contribution < 1.29 is 23.8 Å². The van der Waals surface area contributed by atoms with E-state index in [2.05, 4.69) is 10.4 Å². The van der Waals surface area contributed by atoms with Crippen LogP contribution in [0.3, 0.4) is 0 Å². The van der Waals surface area contributed by atoms with E-state index < -0.39 is 23.7 Å². The number of nitrogens with one attached hydrogen (secondary N) is 1. The van der Waals surface area contributed by atoms with Crippen LogP contribution in [0.2, 0.25) is 0 Å². The molecule has 1 atom stereocenters. The smallest absolute Gasteiger partial charge is 0.305 e. The number of rotatable bonds is 9. The minimum absolute atomic E-state index is 0.0167. The molecule has 1 aromatic heterocycles. The first kappa shape index (κ1) is 21.5. The Hall–Kier alpha value is -3.68. The van der Waals surface area contributed by atoms with Gasteiger partial charge in [0.15, 0.2) is 5.69 Å². The van der Waals surface area contributed by atoms with Crippen LogP contribution in [-0.2, 0) is 4.79 Å². The summed E-state index contributed by atoms with van der Waals surface area (Å²) in [4.78, 5) is 24.4. The zero-order valence-electron chi connectivity index (χ0n) is 17.6. The summed E-state index contributed by atoms with van der Waals surface area (Å²) >= 11 is 0. The highest BCUT2D eigenvalue weighted by atomic mass is 19.1. The van der Waals surface area contributed by atoms with E-state index in [1.165, 1.54) is 16.8 Å². The minimum Gasteiger partial charge on any atom is -0.481 e. The number of aryl methyl sites for hydroxylation is 1. The van der Waals surface area contributed by atoms with Gasteiger partial charge >= 0.3 is 5.97 Å². The lowest BCUT2D eigenvalue weighted by Crippen LogP contribution is -2.31. The summed E-state index contributed by atoms with van der Waals surface area (Å²) in [6.07, 6.45) is 1.87. The second-order valence-corrected chi connectivity index (χ2v) is 7.97. The van der Waals surface area contributed by atoms with Crippen molar-refractivity contribution in [1.82, 2.24) is 15.1 Å². The summed E-state index contributed by atoms with van der Waals surface area (Å²) in [6.45, 7) is 2.32. The number of carboxylic acids is 1. The molecule has 0 radical (unpaired) electrons.